The Morgan fingerprint density at radius 3 is 2.76 bits per heavy atom. The highest BCUT2D eigenvalue weighted by Crippen LogP contribution is 2.21. The molecule has 1 saturated heterocycles. The number of aromatic nitrogens is 2. The van der Waals surface area contributed by atoms with E-state index in [2.05, 4.69) is 20.2 Å². The molecule has 2 aromatic rings. The van der Waals surface area contributed by atoms with Gasteiger partial charge in [0.2, 0.25) is 0 Å². The molecule has 4 nitrogen and oxygen atoms in total. The first kappa shape index (κ1) is 19.8. The van der Waals surface area contributed by atoms with Crippen LogP contribution in [0.5, 0.6) is 0 Å². The average Bonchev–Trinajstić information content (AvgIpc) is 2.88. The van der Waals surface area contributed by atoms with Crippen molar-refractivity contribution in [1.82, 2.24) is 20.2 Å². The molecule has 25 heavy (non-hydrogen) atoms. The molecule has 0 radical (unpaired) electrons. The summed E-state index contributed by atoms with van der Waals surface area (Å²) in [4.78, 5) is 10.7. The van der Waals surface area contributed by atoms with Crippen LogP contribution < -0.4 is 5.32 Å². The Labute approximate surface area is 155 Å². The second-order valence-electron chi connectivity index (χ2n) is 6.56. The van der Waals surface area contributed by atoms with Crippen molar-refractivity contribution in [3.05, 3.63) is 59.4 Å². The number of hydrogen-bond donors (Lipinski definition) is 1. The Kier molecular flexibility index (Phi) is 7.75. The minimum Gasteiger partial charge on any atom is -0.317 e. The lowest BCUT2D eigenvalue weighted by atomic mass is 10.0. The molecule has 1 N–H and O–H groups in total. The van der Waals surface area contributed by atoms with Gasteiger partial charge in [0.05, 0.1) is 0 Å². The Hall–Kier alpha value is -1.56. The lowest BCUT2D eigenvalue weighted by molar-refractivity contribution is 0.163. The topological polar surface area (TPSA) is 41.1 Å². The summed E-state index contributed by atoms with van der Waals surface area (Å²) in [6, 6.07) is 5.55. The van der Waals surface area contributed by atoms with E-state index in [1.54, 1.807) is 12.4 Å². The number of hydrogen-bond acceptors (Lipinski definition) is 4. The molecule has 0 amide bonds. The second-order valence-corrected chi connectivity index (χ2v) is 6.56. The lowest BCUT2D eigenvalue weighted by Crippen LogP contribution is -2.35. The fourth-order valence-electron chi connectivity index (χ4n) is 3.36. The number of rotatable bonds is 5. The van der Waals surface area contributed by atoms with Crippen molar-refractivity contribution in [3.63, 3.8) is 0 Å². The van der Waals surface area contributed by atoms with Crippen LogP contribution in [0.1, 0.15) is 36.0 Å². The lowest BCUT2D eigenvalue weighted by Gasteiger charge is -2.31. The smallest absolute Gasteiger partial charge is 0.123 e. The fraction of sp³-hybridized carbons (Fsp3) is 0.474. The zero-order valence-electron chi connectivity index (χ0n) is 14.6. The quantitative estimate of drug-likeness (QED) is 0.881. The van der Waals surface area contributed by atoms with Crippen molar-refractivity contribution < 1.29 is 4.39 Å². The molecule has 2 heterocycles. The van der Waals surface area contributed by atoms with E-state index in [9.17, 15) is 4.39 Å². The van der Waals surface area contributed by atoms with Crippen molar-refractivity contribution in [2.45, 2.75) is 45.3 Å². The summed E-state index contributed by atoms with van der Waals surface area (Å²) in [5, 5.41) is 3.47. The van der Waals surface area contributed by atoms with Crippen LogP contribution in [0.2, 0.25) is 0 Å². The maximum absolute atomic E-state index is 13.7. The summed E-state index contributed by atoms with van der Waals surface area (Å²) >= 11 is 0. The summed E-state index contributed by atoms with van der Waals surface area (Å²) < 4.78 is 13.7. The molecule has 3 rings (SSSR count). The van der Waals surface area contributed by atoms with Crippen molar-refractivity contribution in [2.24, 2.45) is 0 Å². The molecule has 136 valence electrons. The molecule has 1 unspecified atom stereocenters. The average molecular weight is 365 g/mol. The molecule has 1 aliphatic rings. The van der Waals surface area contributed by atoms with Crippen LogP contribution >= 0.6 is 12.4 Å². The fourth-order valence-corrected chi connectivity index (χ4v) is 3.36. The number of benzene rings is 1. The number of aryl methyl sites for hydroxylation is 1. The van der Waals surface area contributed by atoms with E-state index in [4.69, 9.17) is 0 Å². The van der Waals surface area contributed by atoms with E-state index >= 15 is 0 Å². The van der Waals surface area contributed by atoms with Gasteiger partial charge >= 0.3 is 0 Å². The molecule has 0 aliphatic carbocycles. The van der Waals surface area contributed by atoms with E-state index in [1.165, 1.54) is 12.5 Å². The van der Waals surface area contributed by atoms with E-state index in [1.807, 2.05) is 25.4 Å². The zero-order valence-corrected chi connectivity index (χ0v) is 15.4. The number of nitrogens with one attached hydrogen (secondary N) is 1. The van der Waals surface area contributed by atoms with Crippen LogP contribution in [0, 0.1) is 12.7 Å². The molecular formula is C19H26ClFN4. The predicted molar refractivity (Wildman–Crippen MR) is 100 cm³/mol. The zero-order chi connectivity index (χ0) is 16.8. The minimum absolute atomic E-state index is 0. The predicted octanol–water partition coefficient (Wildman–Crippen LogP) is 3.49. The molecule has 1 aromatic carbocycles. The third-order valence-corrected chi connectivity index (χ3v) is 4.75. The Morgan fingerprint density at radius 1 is 1.16 bits per heavy atom. The van der Waals surface area contributed by atoms with E-state index in [-0.39, 0.29) is 18.2 Å². The molecule has 1 aliphatic heterocycles. The first-order valence-corrected chi connectivity index (χ1v) is 8.66. The van der Waals surface area contributed by atoms with Gasteiger partial charge in [-0.25, -0.2) is 14.4 Å². The van der Waals surface area contributed by atoms with Gasteiger partial charge < -0.3 is 5.32 Å². The van der Waals surface area contributed by atoms with Crippen LogP contribution in [0.25, 0.3) is 0 Å². The molecule has 6 heteroatoms. The maximum atomic E-state index is 13.7. The standard InChI is InChI=1S/C19H25FN4.ClH/c1-15-4-5-18(20)9-17(15)13-24(12-16-10-22-14-23-11-16)19-3-2-7-21-8-6-19;/h4-5,9-11,14,19,21H,2-3,6-8,12-13H2,1H3;1H. The molecule has 0 spiro atoms. The third kappa shape index (κ3) is 5.73. The second kappa shape index (κ2) is 9.80. The van der Waals surface area contributed by atoms with Gasteiger partial charge in [-0.05, 0) is 62.5 Å². The van der Waals surface area contributed by atoms with Gasteiger partial charge in [0, 0.05) is 37.1 Å². The van der Waals surface area contributed by atoms with Crippen molar-refractivity contribution >= 4 is 12.4 Å². The molecule has 1 aromatic heterocycles. The number of nitrogens with zero attached hydrogens (tertiary/aromatic N) is 3. The minimum atomic E-state index is -0.166. The Morgan fingerprint density at radius 2 is 1.96 bits per heavy atom. The summed E-state index contributed by atoms with van der Waals surface area (Å²) in [6.07, 6.45) is 8.74. The first-order valence-electron chi connectivity index (χ1n) is 8.66. The highest BCUT2D eigenvalue weighted by Gasteiger charge is 2.21. The molecule has 1 atom stereocenters. The Bertz CT molecular complexity index is 645. The summed E-state index contributed by atoms with van der Waals surface area (Å²) in [7, 11) is 0. The van der Waals surface area contributed by atoms with Gasteiger partial charge in [0.1, 0.15) is 12.1 Å². The van der Waals surface area contributed by atoms with Crippen LogP contribution in [0.3, 0.4) is 0 Å². The van der Waals surface area contributed by atoms with E-state index < -0.39 is 0 Å². The first-order chi connectivity index (χ1) is 11.7. The SMILES string of the molecule is Cc1ccc(F)cc1CN(Cc1cncnc1)C1CCCNCC1.Cl. The van der Waals surface area contributed by atoms with Gasteiger partial charge in [-0.2, -0.15) is 0 Å². The van der Waals surface area contributed by atoms with Crippen molar-refractivity contribution in [1.29, 1.82) is 0 Å². The van der Waals surface area contributed by atoms with Gasteiger partial charge in [-0.1, -0.05) is 6.07 Å². The highest BCUT2D eigenvalue weighted by molar-refractivity contribution is 5.85. The highest BCUT2D eigenvalue weighted by atomic mass is 35.5. The monoisotopic (exact) mass is 364 g/mol. The summed E-state index contributed by atoms with van der Waals surface area (Å²) in [5.74, 6) is -0.166. The number of halogens is 2. The van der Waals surface area contributed by atoms with Gasteiger partial charge in [0.25, 0.3) is 0 Å². The van der Waals surface area contributed by atoms with E-state index in [0.29, 0.717) is 6.04 Å². The Balaban J connectivity index is 0.00000225. The maximum Gasteiger partial charge on any atom is 0.123 e. The van der Waals surface area contributed by atoms with Crippen LogP contribution in [-0.4, -0.2) is 34.0 Å². The van der Waals surface area contributed by atoms with E-state index in [0.717, 1.165) is 55.7 Å². The third-order valence-electron chi connectivity index (χ3n) is 4.75. The van der Waals surface area contributed by atoms with Crippen molar-refractivity contribution in [2.75, 3.05) is 13.1 Å². The van der Waals surface area contributed by atoms with Crippen LogP contribution in [0.15, 0.2) is 36.9 Å². The molecule has 1 fully saturated rings. The van der Waals surface area contributed by atoms with Crippen molar-refractivity contribution in [3.8, 4) is 0 Å². The molecule has 0 saturated carbocycles. The molecular weight excluding hydrogens is 339 g/mol. The molecule has 0 bridgehead atoms. The normalized spacial score (nSPS) is 17.8. The van der Waals surface area contributed by atoms with Crippen LogP contribution in [-0.2, 0) is 13.1 Å². The van der Waals surface area contributed by atoms with Gasteiger partial charge in [-0.15, -0.1) is 12.4 Å². The van der Waals surface area contributed by atoms with Gasteiger partial charge in [0.15, 0.2) is 0 Å². The summed E-state index contributed by atoms with van der Waals surface area (Å²) in [6.45, 7) is 5.71. The largest absolute Gasteiger partial charge is 0.317 e. The van der Waals surface area contributed by atoms with Gasteiger partial charge in [-0.3, -0.25) is 4.90 Å². The van der Waals surface area contributed by atoms with Crippen LogP contribution in [0.4, 0.5) is 4.39 Å². The summed E-state index contributed by atoms with van der Waals surface area (Å²) in [5.41, 5.74) is 3.30.